The Hall–Kier alpha value is -0.950. The van der Waals surface area contributed by atoms with Crippen molar-refractivity contribution in [3.8, 4) is 0 Å². The van der Waals surface area contributed by atoms with Crippen molar-refractivity contribution in [1.82, 2.24) is 19.3 Å². The summed E-state index contributed by atoms with van der Waals surface area (Å²) in [5, 5.41) is 8.36. The zero-order valence-electron chi connectivity index (χ0n) is 11.2. The van der Waals surface area contributed by atoms with Crippen LogP contribution in [0.25, 0.3) is 0 Å². The molecule has 3 rings (SSSR count). The maximum Gasteiger partial charge on any atom is 0.214 e. The second-order valence-corrected chi connectivity index (χ2v) is 7.60. The molecule has 0 radical (unpaired) electrons. The van der Waals surface area contributed by atoms with Crippen molar-refractivity contribution in [2.24, 2.45) is 0 Å². The van der Waals surface area contributed by atoms with E-state index in [0.29, 0.717) is 25.4 Å². The fourth-order valence-corrected chi connectivity index (χ4v) is 4.16. The van der Waals surface area contributed by atoms with E-state index in [2.05, 4.69) is 10.3 Å². The molecule has 1 saturated carbocycles. The van der Waals surface area contributed by atoms with Gasteiger partial charge in [0.1, 0.15) is 0 Å². The third-order valence-electron chi connectivity index (χ3n) is 3.88. The molecule has 1 aliphatic heterocycles. The molecule has 1 aliphatic carbocycles. The third-order valence-corrected chi connectivity index (χ3v) is 5.92. The van der Waals surface area contributed by atoms with Crippen LogP contribution in [0.15, 0.2) is 6.20 Å². The second kappa shape index (κ2) is 4.86. The van der Waals surface area contributed by atoms with Crippen molar-refractivity contribution in [3.63, 3.8) is 0 Å². The molecule has 2 heterocycles. The molecule has 6 nitrogen and oxygen atoms in total. The highest BCUT2D eigenvalue weighted by molar-refractivity contribution is 7.89. The monoisotopic (exact) mass is 284 g/mol. The molecule has 1 atom stereocenters. The maximum absolute atomic E-state index is 12.0. The van der Waals surface area contributed by atoms with Gasteiger partial charge in [0.25, 0.3) is 0 Å². The van der Waals surface area contributed by atoms with Crippen molar-refractivity contribution in [3.05, 3.63) is 11.9 Å². The number of hydrogen-bond acceptors (Lipinski definition) is 4. The highest BCUT2D eigenvalue weighted by atomic mass is 32.2. The molecule has 1 aromatic heterocycles. The van der Waals surface area contributed by atoms with Gasteiger partial charge in [0.2, 0.25) is 10.0 Å². The first-order valence-corrected chi connectivity index (χ1v) is 8.60. The summed E-state index contributed by atoms with van der Waals surface area (Å²) in [6, 6.07) is 0.145. The van der Waals surface area contributed by atoms with Gasteiger partial charge in [-0.25, -0.2) is 13.1 Å². The van der Waals surface area contributed by atoms with E-state index in [9.17, 15) is 8.42 Å². The van der Waals surface area contributed by atoms with Gasteiger partial charge in [-0.05, 0) is 25.7 Å². The van der Waals surface area contributed by atoms with Crippen LogP contribution < -0.4 is 0 Å². The van der Waals surface area contributed by atoms with Gasteiger partial charge in [-0.1, -0.05) is 12.1 Å². The summed E-state index contributed by atoms with van der Waals surface area (Å²) >= 11 is 0. The van der Waals surface area contributed by atoms with Gasteiger partial charge in [0, 0.05) is 25.2 Å². The number of aromatic nitrogens is 3. The van der Waals surface area contributed by atoms with Gasteiger partial charge in [-0.2, -0.15) is 4.31 Å². The molecule has 0 aromatic carbocycles. The summed E-state index contributed by atoms with van der Waals surface area (Å²) < 4.78 is 27.5. The predicted octanol–water partition coefficient (Wildman–Crippen LogP) is 1.14. The van der Waals surface area contributed by atoms with Crippen LogP contribution in [0.3, 0.4) is 0 Å². The lowest BCUT2D eigenvalue weighted by atomic mass is 10.2. The largest absolute Gasteiger partial charge is 0.248 e. The van der Waals surface area contributed by atoms with Crippen LogP contribution in [-0.2, 0) is 10.0 Å². The van der Waals surface area contributed by atoms with Crippen molar-refractivity contribution in [2.75, 3.05) is 18.8 Å². The quantitative estimate of drug-likeness (QED) is 0.813. The van der Waals surface area contributed by atoms with Gasteiger partial charge >= 0.3 is 0 Å². The molecule has 0 bridgehead atoms. The van der Waals surface area contributed by atoms with Gasteiger partial charge in [-0.3, -0.25) is 0 Å². The zero-order chi connectivity index (χ0) is 13.5. The average Bonchev–Trinajstić information content (AvgIpc) is 2.92. The van der Waals surface area contributed by atoms with E-state index in [1.54, 1.807) is 4.31 Å². The van der Waals surface area contributed by atoms with Crippen LogP contribution in [0.4, 0.5) is 0 Å². The number of sulfonamides is 1. The van der Waals surface area contributed by atoms with Crippen LogP contribution in [-0.4, -0.2) is 46.6 Å². The zero-order valence-corrected chi connectivity index (χ0v) is 12.0. The van der Waals surface area contributed by atoms with Crippen molar-refractivity contribution >= 4 is 10.0 Å². The highest BCUT2D eigenvalue weighted by Gasteiger charge is 2.33. The molecule has 19 heavy (non-hydrogen) atoms. The Labute approximate surface area is 113 Å². The normalized spacial score (nSPS) is 25.0. The Balaban J connectivity index is 1.67. The smallest absolute Gasteiger partial charge is 0.214 e. The van der Waals surface area contributed by atoms with E-state index in [0.717, 1.165) is 12.1 Å². The Kier molecular flexibility index (Phi) is 3.34. The Morgan fingerprint density at radius 3 is 2.84 bits per heavy atom. The molecule has 2 aliphatic rings. The summed E-state index contributed by atoms with van der Waals surface area (Å²) in [6.45, 7) is 3.03. The Bertz CT molecular complexity index is 550. The second-order valence-electron chi connectivity index (χ2n) is 5.51. The van der Waals surface area contributed by atoms with E-state index in [1.807, 2.05) is 17.8 Å². The summed E-state index contributed by atoms with van der Waals surface area (Å²) in [6.07, 6.45) is 5.91. The minimum Gasteiger partial charge on any atom is -0.248 e. The topological polar surface area (TPSA) is 68.1 Å². The van der Waals surface area contributed by atoms with E-state index in [4.69, 9.17) is 0 Å². The van der Waals surface area contributed by atoms with Crippen molar-refractivity contribution < 1.29 is 8.42 Å². The Morgan fingerprint density at radius 1 is 1.37 bits per heavy atom. The number of rotatable bonds is 5. The lowest BCUT2D eigenvalue weighted by Crippen LogP contribution is -2.31. The van der Waals surface area contributed by atoms with Crippen LogP contribution in [0.2, 0.25) is 0 Å². The molecule has 0 N–H and O–H groups in total. The summed E-state index contributed by atoms with van der Waals surface area (Å²) in [7, 11) is -3.08. The van der Waals surface area contributed by atoms with Gasteiger partial charge in [0.15, 0.2) is 0 Å². The van der Waals surface area contributed by atoms with Crippen molar-refractivity contribution in [2.45, 2.75) is 44.6 Å². The van der Waals surface area contributed by atoms with Gasteiger partial charge in [-0.15, -0.1) is 5.10 Å². The lowest BCUT2D eigenvalue weighted by molar-refractivity contribution is 0.428. The third kappa shape index (κ3) is 2.67. The standard InChI is InChI=1S/C12H20N4O2S/c1-2-7-19(17,18)15-6-5-11(8-15)16-9-12(13-14-16)10-3-4-10/h9-11H,2-8H2,1H3. The predicted molar refractivity (Wildman–Crippen MR) is 71.3 cm³/mol. The Morgan fingerprint density at radius 2 is 2.16 bits per heavy atom. The van der Waals surface area contributed by atoms with E-state index < -0.39 is 10.0 Å². The first-order chi connectivity index (χ1) is 9.10. The highest BCUT2D eigenvalue weighted by Crippen LogP contribution is 2.39. The van der Waals surface area contributed by atoms with Crippen LogP contribution >= 0.6 is 0 Å². The van der Waals surface area contributed by atoms with E-state index >= 15 is 0 Å². The first-order valence-electron chi connectivity index (χ1n) is 6.99. The van der Waals surface area contributed by atoms with Crippen LogP contribution in [0.1, 0.15) is 50.3 Å². The minimum atomic E-state index is -3.08. The average molecular weight is 284 g/mol. The molecule has 1 saturated heterocycles. The minimum absolute atomic E-state index is 0.145. The molecule has 0 amide bonds. The summed E-state index contributed by atoms with van der Waals surface area (Å²) in [4.78, 5) is 0. The molecule has 0 spiro atoms. The maximum atomic E-state index is 12.0. The SMILES string of the molecule is CCCS(=O)(=O)N1CCC(n2cc(C3CC3)nn2)C1. The summed E-state index contributed by atoms with van der Waals surface area (Å²) in [5.41, 5.74) is 1.06. The van der Waals surface area contributed by atoms with Gasteiger partial charge < -0.3 is 0 Å². The fraction of sp³-hybridized carbons (Fsp3) is 0.833. The molecule has 1 aromatic rings. The molecule has 7 heteroatoms. The van der Waals surface area contributed by atoms with E-state index in [1.165, 1.54) is 12.8 Å². The van der Waals surface area contributed by atoms with Crippen LogP contribution in [0, 0.1) is 0 Å². The number of nitrogens with zero attached hydrogens (tertiary/aromatic N) is 4. The molecule has 1 unspecified atom stereocenters. The molecule has 2 fully saturated rings. The van der Waals surface area contributed by atoms with Crippen molar-refractivity contribution in [1.29, 1.82) is 0 Å². The van der Waals surface area contributed by atoms with E-state index in [-0.39, 0.29) is 11.8 Å². The molecular weight excluding hydrogens is 264 g/mol. The summed E-state index contributed by atoms with van der Waals surface area (Å²) in [5.74, 6) is 0.833. The molecule has 106 valence electrons. The number of hydrogen-bond donors (Lipinski definition) is 0. The first kappa shape index (κ1) is 13.1. The lowest BCUT2D eigenvalue weighted by Gasteiger charge is -2.15. The van der Waals surface area contributed by atoms with Crippen LogP contribution in [0.5, 0.6) is 0 Å². The fourth-order valence-electron chi connectivity index (χ4n) is 2.60. The van der Waals surface area contributed by atoms with Gasteiger partial charge in [0.05, 0.1) is 17.5 Å². The molecular formula is C12H20N4O2S.